The summed E-state index contributed by atoms with van der Waals surface area (Å²) in [6, 6.07) is 2.04. The van der Waals surface area contributed by atoms with Gasteiger partial charge in [-0.25, -0.2) is 4.39 Å². The quantitative estimate of drug-likeness (QED) is 0.329. The highest BCUT2D eigenvalue weighted by Crippen LogP contribution is 2.40. The number of benzene rings is 1. The van der Waals surface area contributed by atoms with Gasteiger partial charge < -0.3 is 4.74 Å². The summed E-state index contributed by atoms with van der Waals surface area (Å²) in [4.78, 5) is 34.9. The largest absolute Gasteiger partial charge is 0.465 e. The molecule has 1 unspecified atom stereocenters. The van der Waals surface area contributed by atoms with E-state index in [-0.39, 0.29) is 17.5 Å². The predicted molar refractivity (Wildman–Crippen MR) is 80.0 cm³/mol. The zero-order chi connectivity index (χ0) is 17.1. The molecule has 0 aliphatic carbocycles. The molecule has 1 rings (SSSR count). The van der Waals surface area contributed by atoms with E-state index in [2.05, 4.69) is 15.9 Å². The fraction of sp³-hybridized carbons (Fsp3) is 0.429. The molecule has 1 atom stereocenters. The first kappa shape index (κ1) is 18.2. The van der Waals surface area contributed by atoms with Gasteiger partial charge >= 0.3 is 5.97 Å². The number of esters is 1. The molecule has 0 saturated carbocycles. The third-order valence-corrected chi connectivity index (χ3v) is 3.87. The van der Waals surface area contributed by atoms with E-state index < -0.39 is 39.2 Å². The van der Waals surface area contributed by atoms with Crippen LogP contribution < -0.4 is 0 Å². The van der Waals surface area contributed by atoms with Crippen molar-refractivity contribution in [2.45, 2.75) is 32.6 Å². The Balaban J connectivity index is 3.81. The number of carbonyl (C=O) groups excluding carboxylic acids is 2. The Morgan fingerprint density at radius 2 is 2.00 bits per heavy atom. The number of nitrogens with zero attached hydrogens (tertiary/aromatic N) is 1. The second kappa shape index (κ2) is 6.95. The summed E-state index contributed by atoms with van der Waals surface area (Å²) < 4.78 is 19.4. The second-order valence-corrected chi connectivity index (χ2v) is 5.49. The number of hydrogen-bond acceptors (Lipinski definition) is 5. The summed E-state index contributed by atoms with van der Waals surface area (Å²) in [5, 5.41) is 11.2. The maximum absolute atomic E-state index is 14.4. The van der Waals surface area contributed by atoms with Crippen LogP contribution in [0.5, 0.6) is 0 Å². The topological polar surface area (TPSA) is 86.5 Å². The molecule has 0 aromatic heterocycles. The number of nitro groups is 1. The lowest BCUT2D eigenvalue weighted by atomic mass is 9.74. The minimum absolute atomic E-state index is 0.0280. The van der Waals surface area contributed by atoms with Crippen molar-refractivity contribution in [3.63, 3.8) is 0 Å². The number of ether oxygens (including phenoxy) is 1. The van der Waals surface area contributed by atoms with Crippen molar-refractivity contribution < 1.29 is 23.6 Å². The van der Waals surface area contributed by atoms with Crippen LogP contribution in [0.4, 0.5) is 10.1 Å². The molecule has 0 radical (unpaired) electrons. The zero-order valence-corrected chi connectivity index (χ0v) is 13.9. The smallest absolute Gasteiger partial charge is 0.324 e. The van der Waals surface area contributed by atoms with E-state index in [9.17, 15) is 24.1 Å². The SMILES string of the molecule is CCOC(=O)C(CC)(C(C)=O)c1c(F)cc(Br)cc1[N+](=O)[O-]. The van der Waals surface area contributed by atoms with Gasteiger partial charge in [-0.2, -0.15) is 0 Å². The molecular formula is C14H15BrFNO5. The van der Waals surface area contributed by atoms with Crippen LogP contribution in [0.25, 0.3) is 0 Å². The van der Waals surface area contributed by atoms with Crippen molar-refractivity contribution in [1.82, 2.24) is 0 Å². The third-order valence-electron chi connectivity index (χ3n) is 3.41. The maximum Gasteiger partial charge on any atom is 0.324 e. The van der Waals surface area contributed by atoms with Gasteiger partial charge in [-0.05, 0) is 26.3 Å². The Bertz CT molecular complexity index is 634. The normalized spacial score (nSPS) is 13.3. The van der Waals surface area contributed by atoms with Crippen molar-refractivity contribution in [3.05, 3.63) is 38.1 Å². The van der Waals surface area contributed by atoms with Crippen LogP contribution in [-0.2, 0) is 19.7 Å². The Hall–Kier alpha value is -1.83. The van der Waals surface area contributed by atoms with Crippen molar-refractivity contribution in [2.75, 3.05) is 6.61 Å². The molecule has 0 aliphatic rings. The highest BCUT2D eigenvalue weighted by atomic mass is 79.9. The molecule has 0 bridgehead atoms. The van der Waals surface area contributed by atoms with E-state index in [0.29, 0.717) is 0 Å². The fourth-order valence-corrected chi connectivity index (χ4v) is 2.79. The molecule has 1 aromatic carbocycles. The van der Waals surface area contributed by atoms with E-state index in [1.165, 1.54) is 13.8 Å². The van der Waals surface area contributed by atoms with Gasteiger partial charge in [-0.1, -0.05) is 22.9 Å². The van der Waals surface area contributed by atoms with Crippen LogP contribution in [-0.4, -0.2) is 23.3 Å². The minimum Gasteiger partial charge on any atom is -0.465 e. The van der Waals surface area contributed by atoms with Gasteiger partial charge in [0.05, 0.1) is 17.1 Å². The molecule has 8 heteroatoms. The van der Waals surface area contributed by atoms with Crippen LogP contribution in [0.2, 0.25) is 0 Å². The van der Waals surface area contributed by atoms with Gasteiger partial charge in [0, 0.05) is 10.5 Å². The van der Waals surface area contributed by atoms with E-state index >= 15 is 0 Å². The van der Waals surface area contributed by atoms with Gasteiger partial charge in [-0.15, -0.1) is 0 Å². The zero-order valence-electron chi connectivity index (χ0n) is 12.3. The van der Waals surface area contributed by atoms with Gasteiger partial charge in [-0.3, -0.25) is 19.7 Å². The first-order valence-electron chi connectivity index (χ1n) is 6.54. The van der Waals surface area contributed by atoms with Crippen LogP contribution in [0, 0.1) is 15.9 Å². The van der Waals surface area contributed by atoms with E-state index in [4.69, 9.17) is 4.74 Å². The fourth-order valence-electron chi connectivity index (χ4n) is 2.37. The molecule has 0 aliphatic heterocycles. The van der Waals surface area contributed by atoms with Gasteiger partial charge in [0.25, 0.3) is 5.69 Å². The van der Waals surface area contributed by atoms with Gasteiger partial charge in [0.15, 0.2) is 11.2 Å². The number of carbonyl (C=O) groups is 2. The number of nitro benzene ring substituents is 1. The van der Waals surface area contributed by atoms with Gasteiger partial charge in [0.2, 0.25) is 0 Å². The summed E-state index contributed by atoms with van der Waals surface area (Å²) in [5.41, 5.74) is -3.24. The first-order valence-corrected chi connectivity index (χ1v) is 7.33. The Morgan fingerprint density at radius 3 is 2.41 bits per heavy atom. The summed E-state index contributed by atoms with van der Waals surface area (Å²) >= 11 is 2.96. The average Bonchev–Trinajstić information content (AvgIpc) is 2.41. The molecule has 1 aromatic rings. The summed E-state index contributed by atoms with van der Waals surface area (Å²) in [6.07, 6.45) is -0.152. The third kappa shape index (κ3) is 3.01. The molecule has 0 fully saturated rings. The Labute approximate surface area is 134 Å². The number of halogens is 2. The van der Waals surface area contributed by atoms with Crippen LogP contribution >= 0.6 is 15.9 Å². The predicted octanol–water partition coefficient (Wildman–Crippen LogP) is 3.30. The minimum atomic E-state index is -2.04. The van der Waals surface area contributed by atoms with E-state index in [1.807, 2.05) is 0 Å². The molecule has 0 amide bonds. The molecule has 120 valence electrons. The highest BCUT2D eigenvalue weighted by molar-refractivity contribution is 9.10. The number of ketones is 1. The summed E-state index contributed by atoms with van der Waals surface area (Å²) in [5.74, 6) is -2.71. The first-order chi connectivity index (χ1) is 10.2. The average molecular weight is 376 g/mol. The number of Topliss-reactive ketones (excluding diaryl/α,β-unsaturated/α-hetero) is 1. The van der Waals surface area contributed by atoms with Crippen LogP contribution in [0.3, 0.4) is 0 Å². The lowest BCUT2D eigenvalue weighted by Gasteiger charge is -2.28. The standard InChI is InChI=1S/C14H15BrFNO5/c1-4-14(8(3)18,13(19)22-5-2)12-10(16)6-9(15)7-11(12)17(20)21/h6-7H,4-5H2,1-3H3. The van der Waals surface area contributed by atoms with Crippen molar-refractivity contribution >= 4 is 33.4 Å². The summed E-state index contributed by atoms with van der Waals surface area (Å²) in [6.45, 7) is 4.07. The second-order valence-electron chi connectivity index (χ2n) is 4.57. The lowest BCUT2D eigenvalue weighted by molar-refractivity contribution is -0.386. The number of hydrogen-bond donors (Lipinski definition) is 0. The van der Waals surface area contributed by atoms with Crippen molar-refractivity contribution in [3.8, 4) is 0 Å². The van der Waals surface area contributed by atoms with Crippen molar-refractivity contribution in [2.24, 2.45) is 0 Å². The monoisotopic (exact) mass is 375 g/mol. The molecule has 0 saturated heterocycles. The lowest BCUT2D eigenvalue weighted by Crippen LogP contribution is -2.44. The van der Waals surface area contributed by atoms with Crippen LogP contribution in [0.15, 0.2) is 16.6 Å². The molecule has 0 N–H and O–H groups in total. The molecule has 22 heavy (non-hydrogen) atoms. The van der Waals surface area contributed by atoms with E-state index in [0.717, 1.165) is 19.1 Å². The molecule has 6 nitrogen and oxygen atoms in total. The summed E-state index contributed by atoms with van der Waals surface area (Å²) in [7, 11) is 0. The molecular weight excluding hydrogens is 361 g/mol. The molecule has 0 spiro atoms. The highest BCUT2D eigenvalue weighted by Gasteiger charge is 2.51. The van der Waals surface area contributed by atoms with Crippen molar-refractivity contribution in [1.29, 1.82) is 0 Å². The molecule has 0 heterocycles. The van der Waals surface area contributed by atoms with E-state index in [1.54, 1.807) is 0 Å². The number of rotatable bonds is 6. The maximum atomic E-state index is 14.4. The Kier molecular flexibility index (Phi) is 5.76. The van der Waals surface area contributed by atoms with Crippen LogP contribution in [0.1, 0.15) is 32.8 Å². The Morgan fingerprint density at radius 1 is 1.41 bits per heavy atom. The van der Waals surface area contributed by atoms with Gasteiger partial charge in [0.1, 0.15) is 5.82 Å².